The van der Waals surface area contributed by atoms with Gasteiger partial charge in [-0.3, -0.25) is 0 Å². The fourth-order valence-electron chi connectivity index (χ4n) is 2.25. The van der Waals surface area contributed by atoms with Gasteiger partial charge in [0.1, 0.15) is 5.69 Å². The number of rotatable bonds is 1. The van der Waals surface area contributed by atoms with E-state index in [-0.39, 0.29) is 10.5 Å². The minimum Gasteiger partial charge on any atom is -0.242 e. The zero-order valence-electron chi connectivity index (χ0n) is 11.0. The molecule has 0 saturated heterocycles. The number of fused-ring (bicyclic) bond motifs is 1. The first kappa shape index (κ1) is 15.1. The topological polar surface area (TPSA) is 12.9 Å². The first-order valence-corrected chi connectivity index (χ1v) is 7.04. The van der Waals surface area contributed by atoms with Crippen molar-refractivity contribution in [3.05, 3.63) is 64.3 Å². The van der Waals surface area contributed by atoms with Crippen LogP contribution in [0.2, 0.25) is 10.0 Å². The lowest BCUT2D eigenvalue weighted by Crippen LogP contribution is -2.08. The summed E-state index contributed by atoms with van der Waals surface area (Å²) in [6, 6.07) is 12.7. The number of nitrogens with zero attached hydrogens (tertiary/aromatic N) is 1. The van der Waals surface area contributed by atoms with Crippen LogP contribution in [0.3, 0.4) is 0 Å². The number of benzene rings is 2. The van der Waals surface area contributed by atoms with Crippen LogP contribution in [0.1, 0.15) is 5.69 Å². The summed E-state index contributed by atoms with van der Waals surface area (Å²) < 4.78 is 39.3. The lowest BCUT2D eigenvalue weighted by Gasteiger charge is -2.13. The summed E-state index contributed by atoms with van der Waals surface area (Å²) >= 11 is 12.0. The van der Waals surface area contributed by atoms with Gasteiger partial charge in [-0.2, -0.15) is 13.2 Å². The molecular weight excluding hydrogens is 334 g/mol. The Morgan fingerprint density at radius 1 is 0.909 bits per heavy atom. The number of hydrogen-bond donors (Lipinski definition) is 0. The van der Waals surface area contributed by atoms with E-state index in [2.05, 4.69) is 4.98 Å². The highest BCUT2D eigenvalue weighted by Gasteiger charge is 2.33. The molecule has 0 atom stereocenters. The molecule has 2 aromatic carbocycles. The Morgan fingerprint density at radius 2 is 1.59 bits per heavy atom. The highest BCUT2D eigenvalue weighted by atomic mass is 35.5. The van der Waals surface area contributed by atoms with E-state index in [0.717, 1.165) is 6.07 Å². The average Bonchev–Trinajstić information content (AvgIpc) is 2.46. The van der Waals surface area contributed by atoms with E-state index >= 15 is 0 Å². The zero-order chi connectivity index (χ0) is 15.9. The fraction of sp³-hybridized carbons (Fsp3) is 0.0625. The molecule has 0 N–H and O–H groups in total. The Labute approximate surface area is 134 Å². The number of aromatic nitrogens is 1. The Kier molecular flexibility index (Phi) is 3.75. The molecule has 0 fully saturated rings. The summed E-state index contributed by atoms with van der Waals surface area (Å²) in [5, 5.41) is 0.915. The Bertz CT molecular complexity index is 845. The third-order valence-electron chi connectivity index (χ3n) is 3.21. The summed E-state index contributed by atoms with van der Waals surface area (Å²) in [6.45, 7) is 0. The van der Waals surface area contributed by atoms with Crippen LogP contribution < -0.4 is 0 Å². The van der Waals surface area contributed by atoms with Crippen LogP contribution in [-0.4, -0.2) is 4.98 Å². The van der Waals surface area contributed by atoms with Crippen LogP contribution in [0.25, 0.3) is 22.0 Å². The molecule has 6 heteroatoms. The quantitative estimate of drug-likeness (QED) is 0.511. The van der Waals surface area contributed by atoms with Crippen LogP contribution in [0.15, 0.2) is 48.5 Å². The van der Waals surface area contributed by atoms with Crippen molar-refractivity contribution in [3.63, 3.8) is 0 Å². The predicted molar refractivity (Wildman–Crippen MR) is 82.2 cm³/mol. The number of alkyl halides is 3. The molecule has 0 amide bonds. The van der Waals surface area contributed by atoms with Crippen molar-refractivity contribution in [1.29, 1.82) is 0 Å². The number of halogens is 5. The number of hydrogen-bond acceptors (Lipinski definition) is 1. The van der Waals surface area contributed by atoms with Crippen molar-refractivity contribution in [3.8, 4) is 11.1 Å². The normalized spacial score (nSPS) is 11.9. The summed E-state index contributed by atoms with van der Waals surface area (Å²) in [4.78, 5) is 3.66. The van der Waals surface area contributed by atoms with Crippen LogP contribution in [0, 0.1) is 0 Å². The van der Waals surface area contributed by atoms with Crippen molar-refractivity contribution in [2.75, 3.05) is 0 Å². The Balaban J connectivity index is 2.42. The Morgan fingerprint density at radius 3 is 2.23 bits per heavy atom. The predicted octanol–water partition coefficient (Wildman–Crippen LogP) is 6.23. The van der Waals surface area contributed by atoms with Gasteiger partial charge in [0.15, 0.2) is 0 Å². The van der Waals surface area contributed by atoms with Gasteiger partial charge in [0, 0.05) is 10.4 Å². The maximum atomic E-state index is 13.1. The molecule has 1 nitrogen and oxygen atoms in total. The number of pyridine rings is 1. The van der Waals surface area contributed by atoms with Crippen molar-refractivity contribution >= 4 is 34.1 Å². The van der Waals surface area contributed by atoms with Gasteiger partial charge < -0.3 is 0 Å². The van der Waals surface area contributed by atoms with E-state index in [1.807, 2.05) is 0 Å². The van der Waals surface area contributed by atoms with Gasteiger partial charge in [-0.25, -0.2) is 4.98 Å². The van der Waals surface area contributed by atoms with E-state index in [1.54, 1.807) is 36.4 Å². The molecule has 0 aliphatic rings. The van der Waals surface area contributed by atoms with Crippen molar-refractivity contribution < 1.29 is 13.2 Å². The SMILES string of the molecule is FC(F)(F)c1cc(-c2ccccc2)c2cc(Cl)cc(Cl)c2n1. The summed E-state index contributed by atoms with van der Waals surface area (Å²) in [5.41, 5.74) is 0.129. The van der Waals surface area contributed by atoms with Crippen LogP contribution in [0.4, 0.5) is 13.2 Å². The first-order valence-electron chi connectivity index (χ1n) is 6.28. The molecule has 112 valence electrons. The molecule has 0 spiro atoms. The maximum absolute atomic E-state index is 13.1. The second kappa shape index (κ2) is 5.45. The minimum absolute atomic E-state index is 0.0831. The largest absolute Gasteiger partial charge is 0.433 e. The second-order valence-corrected chi connectivity index (χ2v) is 5.55. The Hall–Kier alpha value is -1.78. The lowest BCUT2D eigenvalue weighted by molar-refractivity contribution is -0.140. The monoisotopic (exact) mass is 341 g/mol. The van der Waals surface area contributed by atoms with Crippen LogP contribution in [0.5, 0.6) is 0 Å². The van der Waals surface area contributed by atoms with Crippen molar-refractivity contribution in [2.45, 2.75) is 6.18 Å². The summed E-state index contributed by atoms with van der Waals surface area (Å²) in [7, 11) is 0. The highest BCUT2D eigenvalue weighted by Crippen LogP contribution is 2.38. The molecular formula is C16H8Cl2F3N. The molecule has 1 aromatic heterocycles. The van der Waals surface area contributed by atoms with Gasteiger partial charge in [0.2, 0.25) is 0 Å². The van der Waals surface area contributed by atoms with Gasteiger partial charge in [-0.15, -0.1) is 0 Å². The molecule has 3 aromatic rings. The summed E-state index contributed by atoms with van der Waals surface area (Å²) in [5.74, 6) is 0. The lowest BCUT2D eigenvalue weighted by atomic mass is 10.00. The molecule has 0 radical (unpaired) electrons. The first-order chi connectivity index (χ1) is 10.4. The maximum Gasteiger partial charge on any atom is 0.433 e. The highest BCUT2D eigenvalue weighted by molar-refractivity contribution is 6.38. The average molecular weight is 342 g/mol. The van der Waals surface area contributed by atoms with E-state index in [4.69, 9.17) is 23.2 Å². The molecule has 1 heterocycles. The molecule has 0 aliphatic carbocycles. The smallest absolute Gasteiger partial charge is 0.242 e. The minimum atomic E-state index is -4.55. The van der Waals surface area contributed by atoms with Crippen molar-refractivity contribution in [2.24, 2.45) is 0 Å². The van der Waals surface area contributed by atoms with E-state index < -0.39 is 11.9 Å². The van der Waals surface area contributed by atoms with E-state index in [9.17, 15) is 13.2 Å². The molecule has 0 aliphatic heterocycles. The molecule has 3 rings (SSSR count). The molecule has 0 saturated carbocycles. The van der Waals surface area contributed by atoms with E-state index in [0.29, 0.717) is 21.5 Å². The van der Waals surface area contributed by atoms with Gasteiger partial charge in [-0.05, 0) is 29.3 Å². The van der Waals surface area contributed by atoms with Gasteiger partial charge in [-0.1, -0.05) is 53.5 Å². The van der Waals surface area contributed by atoms with Gasteiger partial charge >= 0.3 is 6.18 Å². The van der Waals surface area contributed by atoms with Gasteiger partial charge in [0.05, 0.1) is 10.5 Å². The standard InChI is InChI=1S/C16H8Cl2F3N/c17-10-6-12-11(9-4-2-1-3-5-9)8-14(16(19,20)21)22-15(12)13(18)7-10/h1-8H. The van der Waals surface area contributed by atoms with Crippen molar-refractivity contribution in [1.82, 2.24) is 4.98 Å². The third kappa shape index (κ3) is 2.76. The molecule has 22 heavy (non-hydrogen) atoms. The second-order valence-electron chi connectivity index (χ2n) is 4.70. The summed E-state index contributed by atoms with van der Waals surface area (Å²) in [6.07, 6.45) is -4.55. The van der Waals surface area contributed by atoms with Crippen LogP contribution >= 0.6 is 23.2 Å². The van der Waals surface area contributed by atoms with E-state index in [1.165, 1.54) is 6.07 Å². The zero-order valence-corrected chi connectivity index (χ0v) is 12.5. The molecule has 0 bridgehead atoms. The molecule has 0 unspecified atom stereocenters. The van der Waals surface area contributed by atoms with Crippen LogP contribution in [-0.2, 0) is 6.18 Å². The fourth-order valence-corrected chi connectivity index (χ4v) is 2.79. The third-order valence-corrected chi connectivity index (χ3v) is 3.71. The van der Waals surface area contributed by atoms with Gasteiger partial charge in [0.25, 0.3) is 0 Å².